The van der Waals surface area contributed by atoms with E-state index in [2.05, 4.69) is 31.0 Å². The van der Waals surface area contributed by atoms with Crippen LogP contribution in [-0.4, -0.2) is 31.6 Å². The number of halogens is 1. The highest BCUT2D eigenvalue weighted by molar-refractivity contribution is 5.21. The molecule has 0 amide bonds. The van der Waals surface area contributed by atoms with Gasteiger partial charge < -0.3 is 10.2 Å². The van der Waals surface area contributed by atoms with Crippen LogP contribution in [0.4, 0.5) is 4.39 Å². The Morgan fingerprint density at radius 1 is 1.29 bits per heavy atom. The third kappa shape index (κ3) is 4.04. The van der Waals surface area contributed by atoms with E-state index in [9.17, 15) is 4.39 Å². The van der Waals surface area contributed by atoms with Gasteiger partial charge in [0.2, 0.25) is 0 Å². The zero-order valence-electron chi connectivity index (χ0n) is 13.8. The zero-order chi connectivity index (χ0) is 15.4. The van der Waals surface area contributed by atoms with Crippen molar-refractivity contribution in [1.29, 1.82) is 0 Å². The normalized spacial score (nSPS) is 22.7. The summed E-state index contributed by atoms with van der Waals surface area (Å²) in [4.78, 5) is 2.54. The van der Waals surface area contributed by atoms with Crippen LogP contribution in [0.15, 0.2) is 24.3 Å². The summed E-state index contributed by atoms with van der Waals surface area (Å²) in [5.41, 5.74) is 0.784. The van der Waals surface area contributed by atoms with Gasteiger partial charge in [-0.3, -0.25) is 0 Å². The van der Waals surface area contributed by atoms with E-state index in [1.54, 1.807) is 12.1 Å². The molecule has 1 aliphatic heterocycles. The molecule has 1 saturated heterocycles. The van der Waals surface area contributed by atoms with Crippen LogP contribution < -0.4 is 5.32 Å². The van der Waals surface area contributed by atoms with E-state index in [0.717, 1.165) is 23.9 Å². The van der Waals surface area contributed by atoms with Crippen LogP contribution in [-0.2, 0) is 0 Å². The molecule has 1 aromatic carbocycles. The molecule has 118 valence electrons. The highest BCUT2D eigenvalue weighted by atomic mass is 19.1. The van der Waals surface area contributed by atoms with Crippen LogP contribution in [0.5, 0.6) is 0 Å². The summed E-state index contributed by atoms with van der Waals surface area (Å²) >= 11 is 0. The number of nitrogens with zero attached hydrogens (tertiary/aromatic N) is 1. The third-order valence-corrected chi connectivity index (χ3v) is 4.92. The van der Waals surface area contributed by atoms with Crippen LogP contribution >= 0.6 is 0 Å². The lowest BCUT2D eigenvalue weighted by atomic mass is 9.93. The van der Waals surface area contributed by atoms with Gasteiger partial charge in [-0.2, -0.15) is 0 Å². The molecule has 1 N–H and O–H groups in total. The van der Waals surface area contributed by atoms with Gasteiger partial charge in [0.25, 0.3) is 0 Å². The molecule has 1 aliphatic rings. The van der Waals surface area contributed by atoms with E-state index >= 15 is 0 Å². The average molecular weight is 292 g/mol. The molecule has 21 heavy (non-hydrogen) atoms. The van der Waals surface area contributed by atoms with Crippen LogP contribution in [0.25, 0.3) is 0 Å². The van der Waals surface area contributed by atoms with Crippen molar-refractivity contribution in [2.45, 2.75) is 33.2 Å². The van der Waals surface area contributed by atoms with Gasteiger partial charge in [-0.15, -0.1) is 0 Å². The molecular formula is C18H29FN2. The minimum atomic E-state index is -0.106. The Morgan fingerprint density at radius 2 is 2.00 bits per heavy atom. The molecule has 1 aromatic rings. The molecule has 0 aliphatic carbocycles. The van der Waals surface area contributed by atoms with Gasteiger partial charge in [-0.1, -0.05) is 39.0 Å². The smallest absolute Gasteiger partial charge is 0.127 e. The lowest BCUT2D eigenvalue weighted by Gasteiger charge is -2.28. The summed E-state index contributed by atoms with van der Waals surface area (Å²) in [7, 11) is 1.93. The van der Waals surface area contributed by atoms with Gasteiger partial charge in [0.15, 0.2) is 0 Å². The Morgan fingerprint density at radius 3 is 2.57 bits per heavy atom. The summed E-state index contributed by atoms with van der Waals surface area (Å²) < 4.78 is 14.0. The quantitative estimate of drug-likeness (QED) is 0.860. The van der Waals surface area contributed by atoms with Gasteiger partial charge in [0.05, 0.1) is 0 Å². The number of hydrogen-bond acceptors (Lipinski definition) is 2. The van der Waals surface area contributed by atoms with E-state index in [0.29, 0.717) is 5.92 Å². The van der Waals surface area contributed by atoms with Crippen molar-refractivity contribution in [3.63, 3.8) is 0 Å². The zero-order valence-corrected chi connectivity index (χ0v) is 13.8. The Balaban J connectivity index is 1.98. The predicted octanol–water partition coefficient (Wildman–Crippen LogP) is 3.70. The van der Waals surface area contributed by atoms with Crippen molar-refractivity contribution >= 4 is 0 Å². The summed E-state index contributed by atoms with van der Waals surface area (Å²) in [5.74, 6) is 1.86. The van der Waals surface area contributed by atoms with Crippen molar-refractivity contribution in [2.75, 3.05) is 26.7 Å². The summed E-state index contributed by atoms with van der Waals surface area (Å²) in [6.07, 6.45) is 1.30. The molecule has 3 unspecified atom stereocenters. The van der Waals surface area contributed by atoms with Crippen LogP contribution in [0.2, 0.25) is 0 Å². The van der Waals surface area contributed by atoms with Gasteiger partial charge >= 0.3 is 0 Å². The number of nitrogens with one attached hydrogen (secondary N) is 1. The second-order valence-corrected chi connectivity index (χ2v) is 6.82. The van der Waals surface area contributed by atoms with Crippen molar-refractivity contribution in [1.82, 2.24) is 10.2 Å². The maximum atomic E-state index is 14.0. The molecule has 0 spiro atoms. The Hall–Kier alpha value is -0.930. The minimum absolute atomic E-state index is 0.0734. The van der Waals surface area contributed by atoms with E-state index in [4.69, 9.17) is 0 Å². The van der Waals surface area contributed by atoms with Crippen molar-refractivity contribution in [3.05, 3.63) is 35.6 Å². The molecule has 2 rings (SSSR count). The molecular weight excluding hydrogens is 263 g/mol. The highest BCUT2D eigenvalue weighted by Gasteiger charge is 2.28. The van der Waals surface area contributed by atoms with Crippen molar-refractivity contribution in [2.24, 2.45) is 17.8 Å². The fourth-order valence-corrected chi connectivity index (χ4v) is 3.56. The lowest BCUT2D eigenvalue weighted by Crippen LogP contribution is -2.34. The molecule has 0 radical (unpaired) electrons. The highest BCUT2D eigenvalue weighted by Crippen LogP contribution is 2.28. The first kappa shape index (κ1) is 16.4. The number of benzene rings is 1. The monoisotopic (exact) mass is 292 g/mol. The van der Waals surface area contributed by atoms with Crippen LogP contribution in [0.1, 0.15) is 38.8 Å². The minimum Gasteiger partial charge on any atom is -0.313 e. The second kappa shape index (κ2) is 7.37. The summed E-state index contributed by atoms with van der Waals surface area (Å²) in [5, 5.41) is 3.30. The molecule has 0 aromatic heterocycles. The molecule has 2 nitrogen and oxygen atoms in total. The standard InChI is InChI=1S/C18H29FN2/c1-13(2)15-9-10-21(12-15)11-14(3)18(20-4)16-7-5-6-8-17(16)19/h5-8,13-15,18,20H,9-12H2,1-4H3. The maximum absolute atomic E-state index is 14.0. The Bertz CT molecular complexity index is 447. The molecule has 0 bridgehead atoms. The molecule has 3 atom stereocenters. The lowest BCUT2D eigenvalue weighted by molar-refractivity contribution is 0.236. The maximum Gasteiger partial charge on any atom is 0.127 e. The van der Waals surface area contributed by atoms with E-state index < -0.39 is 0 Å². The van der Waals surface area contributed by atoms with Gasteiger partial charge in [0, 0.05) is 24.7 Å². The number of likely N-dealkylation sites (tertiary alicyclic amines) is 1. The largest absolute Gasteiger partial charge is 0.313 e. The fourth-order valence-electron chi connectivity index (χ4n) is 3.56. The fraction of sp³-hybridized carbons (Fsp3) is 0.667. The third-order valence-electron chi connectivity index (χ3n) is 4.92. The van der Waals surface area contributed by atoms with E-state index in [1.165, 1.54) is 19.5 Å². The van der Waals surface area contributed by atoms with Gasteiger partial charge in [0.1, 0.15) is 5.82 Å². The first-order chi connectivity index (χ1) is 10.0. The summed E-state index contributed by atoms with van der Waals surface area (Å²) in [6, 6.07) is 7.19. The molecule has 1 fully saturated rings. The SMILES string of the molecule is CNC(c1ccccc1F)C(C)CN1CCC(C(C)C)C1. The first-order valence-corrected chi connectivity index (χ1v) is 8.17. The van der Waals surface area contributed by atoms with Crippen LogP contribution in [0, 0.1) is 23.6 Å². The number of rotatable bonds is 6. The predicted molar refractivity (Wildman–Crippen MR) is 86.7 cm³/mol. The average Bonchev–Trinajstić information content (AvgIpc) is 2.90. The van der Waals surface area contributed by atoms with Crippen LogP contribution in [0.3, 0.4) is 0 Å². The second-order valence-electron chi connectivity index (χ2n) is 6.82. The molecule has 1 heterocycles. The van der Waals surface area contributed by atoms with E-state index in [1.807, 2.05) is 19.2 Å². The topological polar surface area (TPSA) is 15.3 Å². The van der Waals surface area contributed by atoms with Crippen molar-refractivity contribution < 1.29 is 4.39 Å². The Kier molecular flexibility index (Phi) is 5.77. The van der Waals surface area contributed by atoms with Crippen molar-refractivity contribution in [3.8, 4) is 0 Å². The first-order valence-electron chi connectivity index (χ1n) is 8.17. The van der Waals surface area contributed by atoms with Gasteiger partial charge in [-0.05, 0) is 43.8 Å². The summed E-state index contributed by atoms with van der Waals surface area (Å²) in [6.45, 7) is 10.2. The molecule has 3 heteroatoms. The molecule has 0 saturated carbocycles. The van der Waals surface area contributed by atoms with Gasteiger partial charge in [-0.25, -0.2) is 4.39 Å². The number of hydrogen-bond donors (Lipinski definition) is 1. The van der Waals surface area contributed by atoms with E-state index in [-0.39, 0.29) is 11.9 Å². The Labute approximate surface area is 128 Å².